The second kappa shape index (κ2) is 10.0. The van der Waals surface area contributed by atoms with Crippen LogP contribution in [-0.4, -0.2) is 39.7 Å². The van der Waals surface area contributed by atoms with Gasteiger partial charge >= 0.3 is 5.97 Å². The van der Waals surface area contributed by atoms with Gasteiger partial charge in [0.15, 0.2) is 0 Å². The first-order chi connectivity index (χ1) is 12.1. The summed E-state index contributed by atoms with van der Waals surface area (Å²) in [6.45, 7) is 7.51. The number of aryl methyl sites for hydroxylation is 1. The van der Waals surface area contributed by atoms with Crippen LogP contribution in [0.3, 0.4) is 0 Å². The summed E-state index contributed by atoms with van der Waals surface area (Å²) in [4.78, 5) is 12.0. The topological polar surface area (TPSA) is 81.7 Å². The third-order valence-electron chi connectivity index (χ3n) is 3.77. The predicted molar refractivity (Wildman–Crippen MR) is 102 cm³/mol. The van der Waals surface area contributed by atoms with E-state index in [1.54, 1.807) is 12.1 Å². The Morgan fingerprint density at radius 1 is 1.15 bits per heavy atom. The Balaban J connectivity index is 2.84. The van der Waals surface area contributed by atoms with Crippen LogP contribution in [0.2, 0.25) is 0 Å². The van der Waals surface area contributed by atoms with Crippen molar-refractivity contribution in [3.63, 3.8) is 0 Å². The molecule has 1 atom stereocenters. The molecule has 0 saturated carbocycles. The Morgan fingerprint density at radius 3 is 2.27 bits per heavy atom. The number of ether oxygens (including phenoxy) is 2. The molecule has 0 radical (unpaired) electrons. The molecule has 148 valence electrons. The zero-order valence-electron chi connectivity index (χ0n) is 16.4. The van der Waals surface area contributed by atoms with Crippen LogP contribution in [0.25, 0.3) is 0 Å². The van der Waals surface area contributed by atoms with E-state index in [9.17, 15) is 13.2 Å². The fourth-order valence-electron chi connectivity index (χ4n) is 2.30. The molecule has 0 saturated heterocycles. The minimum atomic E-state index is -3.86. The molecule has 7 heteroatoms. The van der Waals surface area contributed by atoms with E-state index in [1.807, 2.05) is 32.9 Å². The number of methoxy groups -OCH3 is 1. The Hall–Kier alpha value is -1.44. The fourth-order valence-corrected chi connectivity index (χ4v) is 3.46. The molecule has 0 fully saturated rings. The highest BCUT2D eigenvalue weighted by molar-refractivity contribution is 7.89. The van der Waals surface area contributed by atoms with Gasteiger partial charge in [-0.25, -0.2) is 8.42 Å². The van der Waals surface area contributed by atoms with E-state index in [-0.39, 0.29) is 11.5 Å². The summed E-state index contributed by atoms with van der Waals surface area (Å²) in [7, 11) is -2.64. The first-order valence-corrected chi connectivity index (χ1v) is 10.4. The van der Waals surface area contributed by atoms with Gasteiger partial charge in [-0.2, -0.15) is 4.72 Å². The third-order valence-corrected chi connectivity index (χ3v) is 5.26. The molecule has 26 heavy (non-hydrogen) atoms. The maximum atomic E-state index is 12.6. The number of benzene rings is 1. The highest BCUT2D eigenvalue weighted by atomic mass is 32.2. The molecule has 0 aliphatic rings. The maximum absolute atomic E-state index is 12.6. The predicted octanol–water partition coefficient (Wildman–Crippen LogP) is 3.05. The third kappa shape index (κ3) is 7.85. The molecule has 1 N–H and O–H groups in total. The van der Waals surface area contributed by atoms with E-state index in [0.717, 1.165) is 31.2 Å². The summed E-state index contributed by atoms with van der Waals surface area (Å²) in [6, 6.07) is 5.63. The number of carbonyl (C=O) groups is 1. The monoisotopic (exact) mass is 385 g/mol. The lowest BCUT2D eigenvalue weighted by Crippen LogP contribution is -2.46. The maximum Gasteiger partial charge on any atom is 0.326 e. The highest BCUT2D eigenvalue weighted by Crippen LogP contribution is 2.14. The number of rotatable bonds is 10. The van der Waals surface area contributed by atoms with Crippen LogP contribution >= 0.6 is 0 Å². The lowest BCUT2D eigenvalue weighted by atomic mass is 10.1. The SMILES string of the molecule is CCCCCc1ccc(S(=O)(=O)NC(COC(C)(C)C)C(=O)OC)cc1. The zero-order chi connectivity index (χ0) is 19.8. The minimum Gasteiger partial charge on any atom is -0.468 e. The summed E-state index contributed by atoms with van der Waals surface area (Å²) < 4.78 is 37.8. The summed E-state index contributed by atoms with van der Waals surface area (Å²) in [5.41, 5.74) is 0.593. The Bertz CT molecular complexity index is 662. The van der Waals surface area contributed by atoms with Crippen LogP contribution in [-0.2, 0) is 30.7 Å². The molecule has 0 aliphatic carbocycles. The van der Waals surface area contributed by atoms with Gasteiger partial charge in [-0.1, -0.05) is 31.9 Å². The van der Waals surface area contributed by atoms with Gasteiger partial charge in [0.05, 0.1) is 24.2 Å². The number of sulfonamides is 1. The fraction of sp³-hybridized carbons (Fsp3) is 0.632. The van der Waals surface area contributed by atoms with Gasteiger partial charge < -0.3 is 9.47 Å². The van der Waals surface area contributed by atoms with Crippen molar-refractivity contribution >= 4 is 16.0 Å². The normalized spacial score (nSPS) is 13.4. The highest BCUT2D eigenvalue weighted by Gasteiger charge is 2.28. The lowest BCUT2D eigenvalue weighted by Gasteiger charge is -2.23. The number of hydrogen-bond acceptors (Lipinski definition) is 5. The largest absolute Gasteiger partial charge is 0.468 e. The molecule has 1 rings (SSSR count). The number of hydrogen-bond donors (Lipinski definition) is 1. The summed E-state index contributed by atoms with van der Waals surface area (Å²) in [6.07, 6.45) is 4.29. The molecule has 0 spiro atoms. The van der Waals surface area contributed by atoms with Gasteiger partial charge in [0.25, 0.3) is 0 Å². The van der Waals surface area contributed by atoms with Crippen LogP contribution in [0, 0.1) is 0 Å². The second-order valence-corrected chi connectivity index (χ2v) is 8.94. The quantitative estimate of drug-likeness (QED) is 0.494. The van der Waals surface area contributed by atoms with Gasteiger partial charge in [-0.05, 0) is 51.3 Å². The molecule has 6 nitrogen and oxygen atoms in total. The zero-order valence-corrected chi connectivity index (χ0v) is 17.2. The first-order valence-electron chi connectivity index (χ1n) is 8.92. The van der Waals surface area contributed by atoms with Crippen molar-refractivity contribution in [2.45, 2.75) is 69.9 Å². The van der Waals surface area contributed by atoms with Crippen molar-refractivity contribution < 1.29 is 22.7 Å². The second-order valence-electron chi connectivity index (χ2n) is 7.22. The van der Waals surface area contributed by atoms with Crippen molar-refractivity contribution in [2.75, 3.05) is 13.7 Å². The molecular formula is C19H31NO5S. The number of nitrogens with one attached hydrogen (secondary N) is 1. The van der Waals surface area contributed by atoms with E-state index in [0.29, 0.717) is 0 Å². The lowest BCUT2D eigenvalue weighted by molar-refractivity contribution is -0.145. The standard InChI is InChI=1S/C19H31NO5S/c1-6-7-8-9-15-10-12-16(13-11-15)26(22,23)20-17(18(21)24-5)14-25-19(2,3)4/h10-13,17,20H,6-9,14H2,1-5H3. The number of esters is 1. The molecule has 0 heterocycles. The van der Waals surface area contributed by atoms with Crippen molar-refractivity contribution in [3.8, 4) is 0 Å². The number of carbonyl (C=O) groups excluding carboxylic acids is 1. The van der Waals surface area contributed by atoms with Crippen molar-refractivity contribution in [2.24, 2.45) is 0 Å². The van der Waals surface area contributed by atoms with E-state index in [2.05, 4.69) is 16.4 Å². The smallest absolute Gasteiger partial charge is 0.326 e. The molecule has 1 aromatic rings. The van der Waals surface area contributed by atoms with Crippen LogP contribution in [0.1, 0.15) is 52.5 Å². The summed E-state index contributed by atoms with van der Waals surface area (Å²) >= 11 is 0. The van der Waals surface area contributed by atoms with Crippen molar-refractivity contribution in [3.05, 3.63) is 29.8 Å². The van der Waals surface area contributed by atoms with Gasteiger partial charge in [-0.3, -0.25) is 4.79 Å². The van der Waals surface area contributed by atoms with E-state index in [4.69, 9.17) is 4.74 Å². The Labute approximate surface area is 157 Å². The number of unbranched alkanes of at least 4 members (excludes halogenated alkanes) is 2. The minimum absolute atomic E-state index is 0.107. The van der Waals surface area contributed by atoms with Crippen molar-refractivity contribution in [1.29, 1.82) is 0 Å². The molecular weight excluding hydrogens is 354 g/mol. The molecule has 0 amide bonds. The van der Waals surface area contributed by atoms with Gasteiger partial charge in [0.1, 0.15) is 6.04 Å². The van der Waals surface area contributed by atoms with Crippen LogP contribution in [0.5, 0.6) is 0 Å². The van der Waals surface area contributed by atoms with E-state index < -0.39 is 27.6 Å². The first kappa shape index (κ1) is 22.6. The van der Waals surface area contributed by atoms with Gasteiger partial charge in [-0.15, -0.1) is 0 Å². The Morgan fingerprint density at radius 2 is 1.77 bits per heavy atom. The molecule has 1 unspecified atom stereocenters. The van der Waals surface area contributed by atoms with Crippen LogP contribution in [0.4, 0.5) is 0 Å². The Kier molecular flexibility index (Phi) is 8.73. The molecule has 0 aromatic heterocycles. The average Bonchev–Trinajstić information content (AvgIpc) is 2.58. The van der Waals surface area contributed by atoms with Gasteiger partial charge in [0, 0.05) is 0 Å². The molecule has 0 aliphatic heterocycles. The summed E-state index contributed by atoms with van der Waals surface area (Å²) in [5.74, 6) is -0.686. The van der Waals surface area contributed by atoms with E-state index >= 15 is 0 Å². The van der Waals surface area contributed by atoms with Gasteiger partial charge in [0.2, 0.25) is 10.0 Å². The molecule has 0 bridgehead atoms. The van der Waals surface area contributed by atoms with Crippen molar-refractivity contribution in [1.82, 2.24) is 4.72 Å². The molecule has 1 aromatic carbocycles. The average molecular weight is 386 g/mol. The summed E-state index contributed by atoms with van der Waals surface area (Å²) in [5, 5.41) is 0. The van der Waals surface area contributed by atoms with Crippen LogP contribution in [0.15, 0.2) is 29.2 Å². The van der Waals surface area contributed by atoms with E-state index in [1.165, 1.54) is 7.11 Å². The van der Waals surface area contributed by atoms with Crippen LogP contribution < -0.4 is 4.72 Å².